The maximum Gasteiger partial charge on any atom is 0.0733 e. The second-order valence-corrected chi connectivity index (χ2v) is 3.92. The highest BCUT2D eigenvalue weighted by atomic mass is 35.5. The van der Waals surface area contributed by atoms with Crippen molar-refractivity contribution in [3.8, 4) is 0 Å². The van der Waals surface area contributed by atoms with Crippen molar-refractivity contribution >= 4 is 22.5 Å². The summed E-state index contributed by atoms with van der Waals surface area (Å²) in [7, 11) is 1.71. The fourth-order valence-electron chi connectivity index (χ4n) is 1.91. The summed E-state index contributed by atoms with van der Waals surface area (Å²) in [5.41, 5.74) is 2.30. The van der Waals surface area contributed by atoms with Crippen molar-refractivity contribution in [1.82, 2.24) is 4.57 Å². The van der Waals surface area contributed by atoms with Crippen molar-refractivity contribution < 1.29 is 4.74 Å². The third-order valence-electron chi connectivity index (χ3n) is 2.57. The van der Waals surface area contributed by atoms with Gasteiger partial charge in [0.25, 0.3) is 0 Å². The molecule has 0 amide bonds. The summed E-state index contributed by atoms with van der Waals surface area (Å²) in [5, 5.41) is 1.99. The van der Waals surface area contributed by atoms with Gasteiger partial charge in [-0.3, -0.25) is 0 Å². The number of nitrogens with zero attached hydrogens (tertiary/aromatic N) is 1. The third-order valence-corrected chi connectivity index (χ3v) is 2.88. The Morgan fingerprint density at radius 2 is 2.20 bits per heavy atom. The molecule has 0 fully saturated rings. The number of halogens is 1. The fraction of sp³-hybridized carbons (Fsp3) is 0.333. The van der Waals surface area contributed by atoms with Gasteiger partial charge in [0.15, 0.2) is 0 Å². The van der Waals surface area contributed by atoms with Crippen molar-refractivity contribution in [1.29, 1.82) is 0 Å². The highest BCUT2D eigenvalue weighted by Crippen LogP contribution is 2.28. The number of para-hydroxylation sites is 1. The largest absolute Gasteiger partial charge is 0.380 e. The average Bonchev–Trinajstić information content (AvgIpc) is 2.59. The summed E-state index contributed by atoms with van der Waals surface area (Å²) in [4.78, 5) is 0. The Morgan fingerprint density at radius 1 is 1.40 bits per heavy atom. The van der Waals surface area contributed by atoms with E-state index in [0.29, 0.717) is 6.61 Å². The standard InChI is InChI=1S/C12H14ClNO/c1-3-14-7-9(8-15-2)10-5-4-6-11(13)12(10)14/h4-7H,3,8H2,1-2H3. The number of fused-ring (bicyclic) bond motifs is 1. The molecule has 0 aliphatic carbocycles. The van der Waals surface area contributed by atoms with Gasteiger partial charge in [0.05, 0.1) is 17.1 Å². The van der Waals surface area contributed by atoms with Crippen LogP contribution < -0.4 is 0 Å². The van der Waals surface area contributed by atoms with Gasteiger partial charge in [0.2, 0.25) is 0 Å². The monoisotopic (exact) mass is 223 g/mol. The molecular weight excluding hydrogens is 210 g/mol. The zero-order valence-corrected chi connectivity index (χ0v) is 9.71. The summed E-state index contributed by atoms with van der Waals surface area (Å²) in [6.07, 6.45) is 2.11. The lowest BCUT2D eigenvalue weighted by atomic mass is 10.2. The number of hydrogen-bond donors (Lipinski definition) is 0. The topological polar surface area (TPSA) is 14.2 Å². The second kappa shape index (κ2) is 4.25. The molecule has 0 saturated heterocycles. The molecule has 0 unspecified atom stereocenters. The van der Waals surface area contributed by atoms with E-state index in [9.17, 15) is 0 Å². The molecule has 0 aliphatic heterocycles. The van der Waals surface area contributed by atoms with E-state index >= 15 is 0 Å². The SMILES string of the molecule is CCn1cc(COC)c2cccc(Cl)c21. The smallest absolute Gasteiger partial charge is 0.0733 e. The summed E-state index contributed by atoms with van der Waals surface area (Å²) in [6.45, 7) is 3.66. The van der Waals surface area contributed by atoms with Crippen LogP contribution in [0, 0.1) is 0 Å². The van der Waals surface area contributed by atoms with E-state index in [-0.39, 0.29) is 0 Å². The van der Waals surface area contributed by atoms with Gasteiger partial charge in [-0.15, -0.1) is 0 Å². The van der Waals surface area contributed by atoms with Gasteiger partial charge >= 0.3 is 0 Å². The van der Waals surface area contributed by atoms with Crippen LogP contribution in [-0.4, -0.2) is 11.7 Å². The summed E-state index contributed by atoms with van der Waals surface area (Å²) in [5.74, 6) is 0. The van der Waals surface area contributed by atoms with Crippen molar-refractivity contribution in [2.75, 3.05) is 7.11 Å². The fourth-order valence-corrected chi connectivity index (χ4v) is 2.19. The lowest BCUT2D eigenvalue weighted by Gasteiger charge is -2.01. The van der Waals surface area contributed by atoms with E-state index < -0.39 is 0 Å². The number of hydrogen-bond acceptors (Lipinski definition) is 1. The van der Waals surface area contributed by atoms with Gasteiger partial charge in [-0.05, 0) is 13.0 Å². The van der Waals surface area contributed by atoms with Crippen molar-refractivity contribution in [2.45, 2.75) is 20.1 Å². The van der Waals surface area contributed by atoms with E-state index in [1.54, 1.807) is 7.11 Å². The van der Waals surface area contributed by atoms with Crippen LogP contribution >= 0.6 is 11.6 Å². The third kappa shape index (κ3) is 1.75. The number of methoxy groups -OCH3 is 1. The summed E-state index contributed by atoms with van der Waals surface area (Å²) < 4.78 is 7.34. The number of benzene rings is 1. The molecule has 0 N–H and O–H groups in total. The van der Waals surface area contributed by atoms with Gasteiger partial charge < -0.3 is 9.30 Å². The first-order valence-corrected chi connectivity index (χ1v) is 5.41. The van der Waals surface area contributed by atoms with Gasteiger partial charge in [0, 0.05) is 30.8 Å². The predicted octanol–water partition coefficient (Wildman–Crippen LogP) is 3.46. The van der Waals surface area contributed by atoms with Crippen molar-refractivity contribution in [3.63, 3.8) is 0 Å². The first-order valence-electron chi connectivity index (χ1n) is 5.03. The first kappa shape index (κ1) is 10.5. The molecular formula is C12H14ClNO. The number of ether oxygens (including phenoxy) is 1. The minimum absolute atomic E-state index is 0.629. The zero-order chi connectivity index (χ0) is 10.8. The molecule has 1 aromatic carbocycles. The second-order valence-electron chi connectivity index (χ2n) is 3.51. The van der Waals surface area contributed by atoms with Crippen LogP contribution in [0.15, 0.2) is 24.4 Å². The van der Waals surface area contributed by atoms with Gasteiger partial charge in [0.1, 0.15) is 0 Å². The lowest BCUT2D eigenvalue weighted by Crippen LogP contribution is -1.91. The van der Waals surface area contributed by atoms with Crippen LogP contribution in [0.3, 0.4) is 0 Å². The van der Waals surface area contributed by atoms with E-state index in [2.05, 4.69) is 23.8 Å². The van der Waals surface area contributed by atoms with Crippen LogP contribution in [0.4, 0.5) is 0 Å². The molecule has 2 nitrogen and oxygen atoms in total. The lowest BCUT2D eigenvalue weighted by molar-refractivity contribution is 0.186. The van der Waals surface area contributed by atoms with Gasteiger partial charge in [-0.2, -0.15) is 0 Å². The molecule has 0 saturated carbocycles. The zero-order valence-electron chi connectivity index (χ0n) is 8.96. The maximum absolute atomic E-state index is 6.19. The van der Waals surface area contributed by atoms with E-state index in [0.717, 1.165) is 17.1 Å². The number of rotatable bonds is 3. The van der Waals surface area contributed by atoms with Crippen LogP contribution in [-0.2, 0) is 17.9 Å². The quantitative estimate of drug-likeness (QED) is 0.777. The molecule has 0 aliphatic rings. The molecule has 15 heavy (non-hydrogen) atoms. The maximum atomic E-state index is 6.19. The molecule has 1 heterocycles. The van der Waals surface area contributed by atoms with Crippen LogP contribution in [0.5, 0.6) is 0 Å². The van der Waals surface area contributed by atoms with Crippen LogP contribution in [0.2, 0.25) is 5.02 Å². The molecule has 0 spiro atoms. The van der Waals surface area contributed by atoms with Gasteiger partial charge in [-0.1, -0.05) is 23.7 Å². The van der Waals surface area contributed by atoms with Crippen LogP contribution in [0.25, 0.3) is 10.9 Å². The summed E-state index contributed by atoms with van der Waals surface area (Å²) >= 11 is 6.19. The summed E-state index contributed by atoms with van der Waals surface area (Å²) in [6, 6.07) is 5.98. The molecule has 1 aromatic heterocycles. The molecule has 0 bridgehead atoms. The van der Waals surface area contributed by atoms with Crippen LogP contribution in [0.1, 0.15) is 12.5 Å². The average molecular weight is 224 g/mol. The molecule has 2 aromatic rings. The minimum atomic E-state index is 0.629. The molecule has 0 radical (unpaired) electrons. The first-order chi connectivity index (χ1) is 7.27. The minimum Gasteiger partial charge on any atom is -0.380 e. The Labute approximate surface area is 94.4 Å². The molecule has 80 valence electrons. The molecule has 3 heteroatoms. The Hall–Kier alpha value is -0.990. The van der Waals surface area contributed by atoms with E-state index in [4.69, 9.17) is 16.3 Å². The number of aryl methyl sites for hydroxylation is 1. The Kier molecular flexibility index (Phi) is 2.98. The van der Waals surface area contributed by atoms with E-state index in [1.165, 1.54) is 10.9 Å². The Balaban J connectivity index is 2.69. The molecule has 0 atom stereocenters. The Morgan fingerprint density at radius 3 is 2.87 bits per heavy atom. The molecule has 2 rings (SSSR count). The highest BCUT2D eigenvalue weighted by molar-refractivity contribution is 6.35. The Bertz CT molecular complexity index is 476. The van der Waals surface area contributed by atoms with Gasteiger partial charge in [-0.25, -0.2) is 0 Å². The predicted molar refractivity (Wildman–Crippen MR) is 63.3 cm³/mol. The van der Waals surface area contributed by atoms with Crippen molar-refractivity contribution in [3.05, 3.63) is 35.0 Å². The highest BCUT2D eigenvalue weighted by Gasteiger charge is 2.09. The number of aromatic nitrogens is 1. The van der Waals surface area contributed by atoms with Crippen molar-refractivity contribution in [2.24, 2.45) is 0 Å². The normalized spacial score (nSPS) is 11.1. The van der Waals surface area contributed by atoms with E-state index in [1.807, 2.05) is 12.1 Å².